The van der Waals surface area contributed by atoms with Crippen molar-refractivity contribution in [2.24, 2.45) is 0 Å². The molecule has 1 atom stereocenters. The standard InChI is InChI=1S/C26H33N3O4/c1-5-27-26(32)24-23(17-8-9-18-14-29(4)10-6-7-16(18)11-17)25(33-28-24)20-12-19(15(2)3)21(30)13-22(20)31/h8-9,11-13,15,24,28,30-31H,5-7,10,14H2,1-4H3,(H,27,32). The van der Waals surface area contributed by atoms with Crippen LogP contribution in [0.5, 0.6) is 11.5 Å². The van der Waals surface area contributed by atoms with Crippen LogP contribution in [-0.2, 0) is 22.6 Å². The van der Waals surface area contributed by atoms with Crippen LogP contribution in [0.3, 0.4) is 0 Å². The largest absolute Gasteiger partial charge is 0.508 e. The number of phenols is 2. The lowest BCUT2D eigenvalue weighted by Gasteiger charge is -2.17. The number of aryl methyl sites for hydroxylation is 1. The van der Waals surface area contributed by atoms with E-state index in [4.69, 9.17) is 4.84 Å². The molecule has 1 amide bonds. The maximum absolute atomic E-state index is 12.9. The molecule has 0 saturated heterocycles. The van der Waals surface area contributed by atoms with Crippen LogP contribution in [0, 0.1) is 0 Å². The Hall–Kier alpha value is -3.03. The van der Waals surface area contributed by atoms with Gasteiger partial charge in [0.05, 0.1) is 5.56 Å². The fraction of sp³-hybridized carbons (Fsp3) is 0.423. The van der Waals surface area contributed by atoms with Crippen molar-refractivity contribution in [3.63, 3.8) is 0 Å². The summed E-state index contributed by atoms with van der Waals surface area (Å²) < 4.78 is 0. The normalized spacial score (nSPS) is 18.8. The lowest BCUT2D eigenvalue weighted by atomic mass is 9.90. The van der Waals surface area contributed by atoms with Crippen LogP contribution >= 0.6 is 0 Å². The second kappa shape index (κ2) is 9.45. The van der Waals surface area contributed by atoms with Gasteiger partial charge in [0.15, 0.2) is 11.8 Å². The zero-order chi connectivity index (χ0) is 23.7. The molecule has 0 aromatic heterocycles. The van der Waals surface area contributed by atoms with Crippen LogP contribution in [0.4, 0.5) is 0 Å². The van der Waals surface area contributed by atoms with E-state index < -0.39 is 6.04 Å². The number of phenolic OH excluding ortho intramolecular Hbond substituents is 2. The lowest BCUT2D eigenvalue weighted by molar-refractivity contribution is -0.123. The minimum atomic E-state index is -0.720. The van der Waals surface area contributed by atoms with Crippen LogP contribution in [0.2, 0.25) is 0 Å². The number of nitrogens with zero attached hydrogens (tertiary/aromatic N) is 1. The van der Waals surface area contributed by atoms with Crippen LogP contribution in [0.15, 0.2) is 30.3 Å². The quantitative estimate of drug-likeness (QED) is 0.556. The van der Waals surface area contributed by atoms with E-state index in [2.05, 4.69) is 34.9 Å². The van der Waals surface area contributed by atoms with Gasteiger partial charge in [-0.05, 0) is 67.6 Å². The van der Waals surface area contributed by atoms with Gasteiger partial charge in [0.25, 0.3) is 0 Å². The van der Waals surface area contributed by atoms with E-state index in [-0.39, 0.29) is 23.3 Å². The molecule has 0 fully saturated rings. The van der Waals surface area contributed by atoms with Crippen molar-refractivity contribution in [2.45, 2.75) is 52.1 Å². The Balaban J connectivity index is 1.88. The van der Waals surface area contributed by atoms with E-state index in [9.17, 15) is 15.0 Å². The Kier molecular flexibility index (Phi) is 6.63. The highest BCUT2D eigenvalue weighted by Gasteiger charge is 2.36. The van der Waals surface area contributed by atoms with E-state index in [1.165, 1.54) is 17.2 Å². The summed E-state index contributed by atoms with van der Waals surface area (Å²) in [6, 6.07) is 8.65. The molecule has 0 bridgehead atoms. The van der Waals surface area contributed by atoms with Gasteiger partial charge in [-0.3, -0.25) is 4.79 Å². The average molecular weight is 452 g/mol. The average Bonchev–Trinajstić information content (AvgIpc) is 3.10. The number of benzene rings is 2. The fourth-order valence-electron chi connectivity index (χ4n) is 4.65. The summed E-state index contributed by atoms with van der Waals surface area (Å²) in [4.78, 5) is 21.1. The topological polar surface area (TPSA) is 94.1 Å². The van der Waals surface area contributed by atoms with E-state index in [0.717, 1.165) is 31.5 Å². The predicted molar refractivity (Wildman–Crippen MR) is 128 cm³/mol. The van der Waals surface area contributed by atoms with Crippen molar-refractivity contribution in [1.82, 2.24) is 15.7 Å². The molecule has 0 radical (unpaired) electrons. The van der Waals surface area contributed by atoms with Gasteiger partial charge < -0.3 is 25.3 Å². The number of hydrogen-bond acceptors (Lipinski definition) is 6. The highest BCUT2D eigenvalue weighted by Crippen LogP contribution is 2.42. The number of carbonyl (C=O) groups is 1. The fourth-order valence-corrected chi connectivity index (χ4v) is 4.65. The van der Waals surface area contributed by atoms with E-state index in [1.807, 2.05) is 26.8 Å². The Bertz CT molecular complexity index is 1090. The van der Waals surface area contributed by atoms with Gasteiger partial charge in [0, 0.05) is 24.7 Å². The third-order valence-electron chi connectivity index (χ3n) is 6.38. The Labute approximate surface area is 195 Å². The third kappa shape index (κ3) is 4.56. The second-order valence-corrected chi connectivity index (χ2v) is 9.20. The van der Waals surface area contributed by atoms with Crippen LogP contribution < -0.4 is 10.8 Å². The minimum absolute atomic E-state index is 0.0359. The zero-order valence-corrected chi connectivity index (χ0v) is 19.7. The molecule has 4 N–H and O–H groups in total. The molecule has 2 aliphatic rings. The van der Waals surface area contributed by atoms with Gasteiger partial charge in [-0.15, -0.1) is 5.48 Å². The maximum atomic E-state index is 12.9. The van der Waals surface area contributed by atoms with Gasteiger partial charge in [-0.25, -0.2) is 0 Å². The molecule has 1 unspecified atom stereocenters. The van der Waals surface area contributed by atoms with Crippen LogP contribution in [0.1, 0.15) is 60.9 Å². The molecule has 2 aromatic carbocycles. The SMILES string of the molecule is CCNC(=O)C1NOC(c2cc(C(C)C)c(O)cc2O)=C1c1ccc2c(c1)CCCN(C)C2. The first-order valence-corrected chi connectivity index (χ1v) is 11.6. The lowest BCUT2D eigenvalue weighted by Crippen LogP contribution is -2.41. The van der Waals surface area contributed by atoms with Gasteiger partial charge >= 0.3 is 0 Å². The Morgan fingerprint density at radius 1 is 1.21 bits per heavy atom. The highest BCUT2D eigenvalue weighted by molar-refractivity contribution is 6.05. The molecule has 0 spiro atoms. The number of likely N-dealkylation sites (N-methyl/N-ethyl adjacent to an activating group) is 1. The van der Waals surface area contributed by atoms with Crippen LogP contribution in [0.25, 0.3) is 11.3 Å². The van der Waals surface area contributed by atoms with Gasteiger partial charge in [0.2, 0.25) is 5.91 Å². The molecule has 2 aromatic rings. The number of nitrogens with one attached hydrogen (secondary N) is 2. The zero-order valence-electron chi connectivity index (χ0n) is 19.7. The number of hydroxylamine groups is 1. The number of fused-ring (bicyclic) bond motifs is 1. The van der Waals surface area contributed by atoms with Gasteiger partial charge in [-0.2, -0.15) is 0 Å². The first kappa shape index (κ1) is 23.1. The summed E-state index contributed by atoms with van der Waals surface area (Å²) in [5.41, 5.74) is 8.12. The molecular formula is C26H33N3O4. The molecule has 33 heavy (non-hydrogen) atoms. The Morgan fingerprint density at radius 3 is 2.73 bits per heavy atom. The van der Waals surface area contributed by atoms with E-state index >= 15 is 0 Å². The molecule has 4 rings (SSSR count). The molecule has 2 aliphatic heterocycles. The monoisotopic (exact) mass is 451 g/mol. The first-order valence-electron chi connectivity index (χ1n) is 11.6. The summed E-state index contributed by atoms with van der Waals surface area (Å²) in [5.74, 6) is 0.190. The molecular weight excluding hydrogens is 418 g/mol. The van der Waals surface area contributed by atoms with Crippen molar-refractivity contribution in [3.05, 3.63) is 58.1 Å². The number of rotatable bonds is 5. The predicted octanol–water partition coefficient (Wildman–Crippen LogP) is 3.51. The molecule has 7 heteroatoms. The molecule has 2 heterocycles. The van der Waals surface area contributed by atoms with E-state index in [1.54, 1.807) is 6.07 Å². The second-order valence-electron chi connectivity index (χ2n) is 9.20. The minimum Gasteiger partial charge on any atom is -0.508 e. The highest BCUT2D eigenvalue weighted by atomic mass is 16.7. The summed E-state index contributed by atoms with van der Waals surface area (Å²) in [7, 11) is 2.13. The van der Waals surface area contributed by atoms with Gasteiger partial charge in [-0.1, -0.05) is 32.0 Å². The number of amides is 1. The van der Waals surface area contributed by atoms with E-state index in [0.29, 0.717) is 29.0 Å². The van der Waals surface area contributed by atoms with Crippen molar-refractivity contribution >= 4 is 17.2 Å². The number of hydrogen-bond donors (Lipinski definition) is 4. The summed E-state index contributed by atoms with van der Waals surface area (Å²) in [5, 5.41) is 23.9. The molecule has 176 valence electrons. The van der Waals surface area contributed by atoms with Crippen LogP contribution in [-0.4, -0.2) is 47.2 Å². The third-order valence-corrected chi connectivity index (χ3v) is 6.38. The molecule has 0 saturated carbocycles. The smallest absolute Gasteiger partial charge is 0.245 e. The van der Waals surface area contributed by atoms with Crippen molar-refractivity contribution in [2.75, 3.05) is 20.1 Å². The molecule has 0 aliphatic carbocycles. The number of carbonyl (C=O) groups excluding carboxylic acids is 1. The van der Waals surface area contributed by atoms with Crippen molar-refractivity contribution < 1.29 is 19.8 Å². The maximum Gasteiger partial charge on any atom is 0.245 e. The molecule has 7 nitrogen and oxygen atoms in total. The summed E-state index contributed by atoms with van der Waals surface area (Å²) in [6.07, 6.45) is 2.04. The van der Waals surface area contributed by atoms with Gasteiger partial charge in [0.1, 0.15) is 11.5 Å². The van der Waals surface area contributed by atoms with Crippen molar-refractivity contribution in [3.8, 4) is 11.5 Å². The number of aromatic hydroxyl groups is 2. The first-order chi connectivity index (χ1) is 15.8. The van der Waals surface area contributed by atoms with Crippen molar-refractivity contribution in [1.29, 1.82) is 0 Å². The summed E-state index contributed by atoms with van der Waals surface area (Å²) >= 11 is 0. The summed E-state index contributed by atoms with van der Waals surface area (Å²) in [6.45, 7) is 8.26. The Morgan fingerprint density at radius 2 is 2.00 bits per heavy atom.